The predicted octanol–water partition coefficient (Wildman–Crippen LogP) is 4.51. The van der Waals surface area contributed by atoms with Gasteiger partial charge in [-0.3, -0.25) is 0 Å². The predicted molar refractivity (Wildman–Crippen MR) is 79.2 cm³/mol. The fourth-order valence-electron chi connectivity index (χ4n) is 2.67. The molecular weight excluding hydrogens is 277 g/mol. The number of halogens is 2. The first-order valence-electron chi connectivity index (χ1n) is 6.48. The first-order chi connectivity index (χ1) is 9.60. The van der Waals surface area contributed by atoms with E-state index in [1.807, 2.05) is 25.1 Å². The van der Waals surface area contributed by atoms with Gasteiger partial charge < -0.3 is 10.1 Å². The van der Waals surface area contributed by atoms with E-state index >= 15 is 0 Å². The molecule has 0 spiro atoms. The van der Waals surface area contributed by atoms with Crippen LogP contribution < -0.4 is 10.1 Å². The van der Waals surface area contributed by atoms with Gasteiger partial charge in [-0.25, -0.2) is 4.39 Å². The summed E-state index contributed by atoms with van der Waals surface area (Å²) in [6.45, 7) is 1.98. The number of nitrogens with one attached hydrogen (secondary N) is 1. The molecule has 0 saturated heterocycles. The Kier molecular flexibility index (Phi) is 3.30. The fourth-order valence-corrected chi connectivity index (χ4v) is 2.94. The van der Waals surface area contributed by atoms with Gasteiger partial charge in [0.1, 0.15) is 11.6 Å². The van der Waals surface area contributed by atoms with Crippen molar-refractivity contribution in [2.24, 2.45) is 0 Å². The Labute approximate surface area is 122 Å². The van der Waals surface area contributed by atoms with Gasteiger partial charge in [0.2, 0.25) is 0 Å². The molecule has 0 fully saturated rings. The van der Waals surface area contributed by atoms with Crippen molar-refractivity contribution in [1.29, 1.82) is 0 Å². The Balaban J connectivity index is 1.94. The normalized spacial score (nSPS) is 16.7. The Hall–Kier alpha value is -1.74. The summed E-state index contributed by atoms with van der Waals surface area (Å²) < 4.78 is 19.0. The van der Waals surface area contributed by atoms with Gasteiger partial charge in [-0.1, -0.05) is 23.7 Å². The number of ether oxygens (including phenoxy) is 1. The van der Waals surface area contributed by atoms with Crippen LogP contribution in [0.2, 0.25) is 5.02 Å². The van der Waals surface area contributed by atoms with Gasteiger partial charge in [-0.2, -0.15) is 0 Å². The molecular formula is C16H15ClFNO. The average molecular weight is 292 g/mol. The maximum absolute atomic E-state index is 13.9. The van der Waals surface area contributed by atoms with Crippen LogP contribution in [0.4, 0.5) is 10.1 Å². The van der Waals surface area contributed by atoms with Crippen LogP contribution in [-0.2, 0) is 6.42 Å². The van der Waals surface area contributed by atoms with Crippen molar-refractivity contribution >= 4 is 17.3 Å². The average Bonchev–Trinajstić information content (AvgIpc) is 2.89. The van der Waals surface area contributed by atoms with Crippen LogP contribution in [0, 0.1) is 12.7 Å². The number of benzene rings is 2. The van der Waals surface area contributed by atoms with E-state index in [1.165, 1.54) is 6.07 Å². The molecule has 1 N–H and O–H groups in total. The van der Waals surface area contributed by atoms with Crippen LogP contribution >= 0.6 is 11.6 Å². The van der Waals surface area contributed by atoms with Crippen molar-refractivity contribution in [2.75, 3.05) is 12.4 Å². The first-order valence-corrected chi connectivity index (χ1v) is 6.86. The Morgan fingerprint density at radius 2 is 2.10 bits per heavy atom. The lowest BCUT2D eigenvalue weighted by Crippen LogP contribution is -2.06. The third-order valence-electron chi connectivity index (χ3n) is 3.77. The van der Waals surface area contributed by atoms with Gasteiger partial charge in [0.05, 0.1) is 18.2 Å². The molecule has 1 unspecified atom stereocenters. The van der Waals surface area contributed by atoms with Crippen molar-refractivity contribution in [2.45, 2.75) is 19.4 Å². The number of anilines is 1. The van der Waals surface area contributed by atoms with Crippen LogP contribution in [0.3, 0.4) is 0 Å². The summed E-state index contributed by atoms with van der Waals surface area (Å²) in [7, 11) is 1.59. The highest BCUT2D eigenvalue weighted by atomic mass is 35.5. The summed E-state index contributed by atoms with van der Waals surface area (Å²) in [5.41, 5.74) is 3.75. The van der Waals surface area contributed by atoms with E-state index < -0.39 is 0 Å². The molecule has 2 nitrogen and oxygen atoms in total. The molecule has 1 heterocycles. The molecule has 1 aliphatic heterocycles. The molecule has 0 aromatic heterocycles. The zero-order valence-corrected chi connectivity index (χ0v) is 12.1. The van der Waals surface area contributed by atoms with Gasteiger partial charge in [-0.15, -0.1) is 0 Å². The van der Waals surface area contributed by atoms with Gasteiger partial charge in [0.15, 0.2) is 0 Å². The molecule has 1 aliphatic rings. The van der Waals surface area contributed by atoms with Crippen LogP contribution in [0.15, 0.2) is 30.3 Å². The molecule has 20 heavy (non-hydrogen) atoms. The van der Waals surface area contributed by atoms with Crippen molar-refractivity contribution in [3.63, 3.8) is 0 Å². The van der Waals surface area contributed by atoms with Crippen LogP contribution in [-0.4, -0.2) is 7.11 Å². The second kappa shape index (κ2) is 4.98. The van der Waals surface area contributed by atoms with Crippen molar-refractivity contribution < 1.29 is 9.13 Å². The molecule has 0 aliphatic carbocycles. The largest absolute Gasteiger partial charge is 0.495 e. The standard InChI is InChI=1S/C16H15ClFNO/c1-9-3-5-13(18)11-8-14(19-16(9)11)10-4-6-15(20-2)12(17)7-10/h3-7,14,19H,8H2,1-2H3. The quantitative estimate of drug-likeness (QED) is 0.879. The third kappa shape index (κ3) is 2.12. The molecule has 4 heteroatoms. The molecule has 104 valence electrons. The third-order valence-corrected chi connectivity index (χ3v) is 4.06. The summed E-state index contributed by atoms with van der Waals surface area (Å²) in [6, 6.07) is 9.04. The topological polar surface area (TPSA) is 21.3 Å². The van der Waals surface area contributed by atoms with Crippen molar-refractivity contribution in [3.8, 4) is 5.75 Å². The molecule has 3 rings (SSSR count). The number of fused-ring (bicyclic) bond motifs is 1. The summed E-state index contributed by atoms with van der Waals surface area (Å²) in [4.78, 5) is 0. The van der Waals surface area contributed by atoms with E-state index in [0.29, 0.717) is 17.2 Å². The van der Waals surface area contributed by atoms with E-state index in [1.54, 1.807) is 13.2 Å². The number of hydrogen-bond donors (Lipinski definition) is 1. The van der Waals surface area contributed by atoms with E-state index in [4.69, 9.17) is 16.3 Å². The number of rotatable bonds is 2. The lowest BCUT2D eigenvalue weighted by molar-refractivity contribution is 0.415. The highest BCUT2D eigenvalue weighted by Crippen LogP contribution is 2.39. The summed E-state index contributed by atoms with van der Waals surface area (Å²) in [5.74, 6) is 0.494. The molecule has 0 saturated carbocycles. The van der Waals surface area contributed by atoms with Crippen molar-refractivity contribution in [1.82, 2.24) is 0 Å². The first kappa shape index (κ1) is 13.3. The van der Waals surface area contributed by atoms with E-state index in [9.17, 15) is 4.39 Å². The molecule has 1 atom stereocenters. The van der Waals surface area contributed by atoms with Gasteiger partial charge in [-0.05, 0) is 36.2 Å². The maximum Gasteiger partial charge on any atom is 0.137 e. The smallest absolute Gasteiger partial charge is 0.137 e. The van der Waals surface area contributed by atoms with Gasteiger partial charge in [0.25, 0.3) is 0 Å². The SMILES string of the molecule is COc1ccc(C2Cc3c(F)ccc(C)c3N2)cc1Cl. The van der Waals surface area contributed by atoms with E-state index in [-0.39, 0.29) is 11.9 Å². The number of methoxy groups -OCH3 is 1. The minimum Gasteiger partial charge on any atom is -0.495 e. The van der Waals surface area contributed by atoms with Gasteiger partial charge >= 0.3 is 0 Å². The van der Waals surface area contributed by atoms with E-state index in [2.05, 4.69) is 5.32 Å². The summed E-state index contributed by atoms with van der Waals surface area (Å²) in [5, 5.41) is 3.95. The second-order valence-corrected chi connectivity index (χ2v) is 5.42. The zero-order chi connectivity index (χ0) is 14.3. The monoisotopic (exact) mass is 291 g/mol. The molecule has 2 aromatic carbocycles. The highest BCUT2D eigenvalue weighted by molar-refractivity contribution is 6.32. The molecule has 0 bridgehead atoms. The zero-order valence-electron chi connectivity index (χ0n) is 11.3. The number of hydrogen-bond acceptors (Lipinski definition) is 2. The Morgan fingerprint density at radius 3 is 2.75 bits per heavy atom. The summed E-state index contributed by atoms with van der Waals surface area (Å²) in [6.07, 6.45) is 0.630. The molecule has 0 amide bonds. The van der Waals surface area contributed by atoms with E-state index in [0.717, 1.165) is 22.4 Å². The minimum atomic E-state index is -0.153. The fraction of sp³-hybridized carbons (Fsp3) is 0.250. The maximum atomic E-state index is 13.9. The van der Waals surface area contributed by atoms with Crippen LogP contribution in [0.25, 0.3) is 0 Å². The minimum absolute atomic E-state index is 0.0454. The van der Waals surface area contributed by atoms with Crippen LogP contribution in [0.1, 0.15) is 22.7 Å². The highest BCUT2D eigenvalue weighted by Gasteiger charge is 2.26. The molecule has 2 aromatic rings. The number of aryl methyl sites for hydroxylation is 1. The summed E-state index contributed by atoms with van der Waals surface area (Å²) >= 11 is 6.15. The Bertz CT molecular complexity index is 641. The lowest BCUT2D eigenvalue weighted by atomic mass is 10.0. The lowest BCUT2D eigenvalue weighted by Gasteiger charge is -2.14. The van der Waals surface area contributed by atoms with Crippen molar-refractivity contribution in [3.05, 3.63) is 57.9 Å². The molecule has 0 radical (unpaired) electrons. The Morgan fingerprint density at radius 1 is 1.30 bits per heavy atom. The second-order valence-electron chi connectivity index (χ2n) is 5.01. The van der Waals surface area contributed by atoms with Gasteiger partial charge in [0, 0.05) is 17.7 Å². The van der Waals surface area contributed by atoms with Crippen LogP contribution in [0.5, 0.6) is 5.75 Å².